The van der Waals surface area contributed by atoms with Crippen molar-refractivity contribution in [3.05, 3.63) is 35.9 Å². The van der Waals surface area contributed by atoms with E-state index in [9.17, 15) is 5.11 Å². The fourth-order valence-electron chi connectivity index (χ4n) is 2.06. The molecule has 0 unspecified atom stereocenters. The van der Waals surface area contributed by atoms with Crippen molar-refractivity contribution in [2.24, 2.45) is 5.92 Å². The Morgan fingerprint density at radius 2 is 2.00 bits per heavy atom. The lowest BCUT2D eigenvalue weighted by Crippen LogP contribution is -2.07. The third kappa shape index (κ3) is 2.43. The molecule has 1 aliphatic carbocycles. The minimum absolute atomic E-state index is 0.171. The predicted molar refractivity (Wildman–Crippen MR) is 77.8 cm³/mol. The number of aromatic hydroxyl groups is 1. The quantitative estimate of drug-likeness (QED) is 0.777. The van der Waals surface area contributed by atoms with Gasteiger partial charge >= 0.3 is 0 Å². The average Bonchev–Trinajstić information content (AvgIpc) is 2.40. The van der Waals surface area contributed by atoms with Gasteiger partial charge in [0.25, 0.3) is 0 Å². The van der Waals surface area contributed by atoms with E-state index in [0.717, 1.165) is 12.8 Å². The molecular formula is C16H15N3O. The number of nitrogens with zero attached hydrogens (tertiary/aromatic N) is 2. The first kappa shape index (κ1) is 12.5. The predicted octanol–water partition coefficient (Wildman–Crippen LogP) is 2.58. The molecule has 1 heterocycles. The Morgan fingerprint density at radius 3 is 2.70 bits per heavy atom. The fraction of sp³-hybridized carbons (Fsp3) is 0.250. The molecule has 0 amide bonds. The summed E-state index contributed by atoms with van der Waals surface area (Å²) in [7, 11) is 0. The van der Waals surface area contributed by atoms with Crippen LogP contribution in [0.5, 0.6) is 5.75 Å². The van der Waals surface area contributed by atoms with E-state index in [1.807, 2.05) is 6.07 Å². The van der Waals surface area contributed by atoms with Crippen LogP contribution in [0.2, 0.25) is 0 Å². The molecule has 1 saturated carbocycles. The van der Waals surface area contributed by atoms with E-state index in [1.54, 1.807) is 24.3 Å². The topological polar surface area (TPSA) is 72.0 Å². The molecule has 3 N–H and O–H groups in total. The number of para-hydroxylation sites is 1. The molecule has 1 aliphatic rings. The van der Waals surface area contributed by atoms with Crippen LogP contribution < -0.4 is 5.73 Å². The lowest BCUT2D eigenvalue weighted by atomic mass is 9.86. The van der Waals surface area contributed by atoms with Crippen LogP contribution in [0, 0.1) is 17.8 Å². The Labute approximate surface area is 117 Å². The number of benzene rings is 1. The summed E-state index contributed by atoms with van der Waals surface area (Å²) in [5.74, 6) is 7.28. The number of aromatic nitrogens is 2. The van der Waals surface area contributed by atoms with Crippen molar-refractivity contribution in [2.45, 2.75) is 19.3 Å². The summed E-state index contributed by atoms with van der Waals surface area (Å²) in [6.45, 7) is 0. The summed E-state index contributed by atoms with van der Waals surface area (Å²) >= 11 is 0. The maximum absolute atomic E-state index is 9.85. The Bertz CT molecular complexity index is 696. The van der Waals surface area contributed by atoms with Crippen molar-refractivity contribution in [3.8, 4) is 28.8 Å². The Kier molecular flexibility index (Phi) is 3.26. The van der Waals surface area contributed by atoms with E-state index in [1.165, 1.54) is 6.42 Å². The van der Waals surface area contributed by atoms with E-state index in [0.29, 0.717) is 28.6 Å². The van der Waals surface area contributed by atoms with E-state index in [-0.39, 0.29) is 5.75 Å². The van der Waals surface area contributed by atoms with Crippen LogP contribution in [0.3, 0.4) is 0 Å². The van der Waals surface area contributed by atoms with Gasteiger partial charge in [-0.05, 0) is 31.0 Å². The summed E-state index contributed by atoms with van der Waals surface area (Å²) in [6.07, 6.45) is 3.59. The molecule has 1 aromatic heterocycles. The second-order valence-electron chi connectivity index (χ2n) is 4.94. The second-order valence-corrected chi connectivity index (χ2v) is 4.94. The highest BCUT2D eigenvalue weighted by Gasteiger charge is 2.14. The zero-order chi connectivity index (χ0) is 13.9. The van der Waals surface area contributed by atoms with Crippen molar-refractivity contribution in [1.82, 2.24) is 10.2 Å². The van der Waals surface area contributed by atoms with E-state index in [4.69, 9.17) is 5.73 Å². The molecule has 3 rings (SSSR count). The number of phenolic OH excluding ortho intramolecular Hbond substituents is 1. The number of nitrogen functional groups attached to an aromatic ring is 1. The van der Waals surface area contributed by atoms with Crippen LogP contribution in [0.4, 0.5) is 5.82 Å². The molecule has 0 atom stereocenters. The zero-order valence-corrected chi connectivity index (χ0v) is 11.0. The van der Waals surface area contributed by atoms with E-state index >= 15 is 0 Å². The highest BCUT2D eigenvalue weighted by molar-refractivity contribution is 5.69. The van der Waals surface area contributed by atoms with Crippen molar-refractivity contribution in [1.29, 1.82) is 0 Å². The molecule has 0 spiro atoms. The fourth-order valence-corrected chi connectivity index (χ4v) is 2.06. The van der Waals surface area contributed by atoms with Gasteiger partial charge in [-0.1, -0.05) is 30.4 Å². The van der Waals surface area contributed by atoms with Gasteiger partial charge in [-0.3, -0.25) is 0 Å². The highest BCUT2D eigenvalue weighted by Crippen LogP contribution is 2.28. The van der Waals surface area contributed by atoms with Crippen molar-refractivity contribution < 1.29 is 5.11 Å². The lowest BCUT2D eigenvalue weighted by molar-refractivity contribution is 0.401. The van der Waals surface area contributed by atoms with Crippen LogP contribution in [-0.2, 0) is 0 Å². The molecule has 1 aromatic carbocycles. The Morgan fingerprint density at radius 1 is 1.20 bits per heavy atom. The van der Waals surface area contributed by atoms with Crippen molar-refractivity contribution >= 4 is 5.82 Å². The molecule has 0 saturated heterocycles. The van der Waals surface area contributed by atoms with E-state index < -0.39 is 0 Å². The first-order chi connectivity index (χ1) is 9.74. The van der Waals surface area contributed by atoms with Crippen LogP contribution in [-0.4, -0.2) is 15.3 Å². The third-order valence-electron chi connectivity index (χ3n) is 3.52. The maximum Gasteiger partial charge on any atom is 0.161 e. The normalized spacial score (nSPS) is 14.2. The molecule has 0 aliphatic heterocycles. The molecule has 4 nitrogen and oxygen atoms in total. The number of phenols is 1. The van der Waals surface area contributed by atoms with E-state index in [2.05, 4.69) is 22.0 Å². The molecule has 20 heavy (non-hydrogen) atoms. The number of rotatable bonds is 1. The highest BCUT2D eigenvalue weighted by atomic mass is 16.3. The molecular weight excluding hydrogens is 250 g/mol. The number of hydrogen-bond donors (Lipinski definition) is 2. The van der Waals surface area contributed by atoms with Gasteiger partial charge in [-0.25, -0.2) is 0 Å². The molecule has 1 fully saturated rings. The first-order valence-electron chi connectivity index (χ1n) is 6.67. The van der Waals surface area contributed by atoms with Crippen LogP contribution in [0.15, 0.2) is 30.3 Å². The second kappa shape index (κ2) is 5.22. The average molecular weight is 265 g/mol. The summed E-state index contributed by atoms with van der Waals surface area (Å²) in [4.78, 5) is 0. The molecule has 4 heteroatoms. The van der Waals surface area contributed by atoms with Gasteiger partial charge in [0.2, 0.25) is 0 Å². The largest absolute Gasteiger partial charge is 0.507 e. The van der Waals surface area contributed by atoms with Gasteiger partial charge in [0.15, 0.2) is 5.82 Å². The van der Waals surface area contributed by atoms with Gasteiger partial charge in [0.1, 0.15) is 5.75 Å². The molecule has 0 bridgehead atoms. The lowest BCUT2D eigenvalue weighted by Gasteiger charge is -2.18. The molecule has 2 aromatic rings. The van der Waals surface area contributed by atoms with Gasteiger partial charge < -0.3 is 10.8 Å². The zero-order valence-electron chi connectivity index (χ0n) is 11.0. The number of hydrogen-bond acceptors (Lipinski definition) is 4. The number of nitrogens with two attached hydrogens (primary N) is 1. The monoisotopic (exact) mass is 265 g/mol. The minimum atomic E-state index is 0.171. The smallest absolute Gasteiger partial charge is 0.161 e. The van der Waals surface area contributed by atoms with Gasteiger partial charge in [-0.2, -0.15) is 0 Å². The summed E-state index contributed by atoms with van der Waals surface area (Å²) < 4.78 is 0. The molecule has 100 valence electrons. The summed E-state index contributed by atoms with van der Waals surface area (Å²) in [5.41, 5.74) is 7.69. The van der Waals surface area contributed by atoms with Gasteiger partial charge in [-0.15, -0.1) is 10.2 Å². The van der Waals surface area contributed by atoms with Crippen molar-refractivity contribution in [2.75, 3.05) is 5.73 Å². The van der Waals surface area contributed by atoms with Gasteiger partial charge in [0.05, 0.1) is 11.3 Å². The number of anilines is 1. The Hall–Kier alpha value is -2.54. The van der Waals surface area contributed by atoms with Crippen LogP contribution >= 0.6 is 0 Å². The maximum atomic E-state index is 9.85. The Balaban J connectivity index is 1.97. The standard InChI is InChI=1S/C16H15N3O/c17-16-12(9-8-11-4-3-5-11)10-14(18-19-16)13-6-1-2-7-15(13)20/h1-2,6-7,10-11,20H,3-5H2,(H2,17,19). The third-order valence-corrected chi connectivity index (χ3v) is 3.52. The van der Waals surface area contributed by atoms with Crippen LogP contribution in [0.25, 0.3) is 11.3 Å². The molecule has 0 radical (unpaired) electrons. The van der Waals surface area contributed by atoms with Gasteiger partial charge in [0, 0.05) is 11.5 Å². The minimum Gasteiger partial charge on any atom is -0.507 e. The SMILES string of the molecule is Nc1nnc(-c2ccccc2O)cc1C#CC1CCC1. The first-order valence-corrected chi connectivity index (χ1v) is 6.67. The summed E-state index contributed by atoms with van der Waals surface area (Å²) in [5, 5.41) is 17.8. The van der Waals surface area contributed by atoms with Crippen LogP contribution in [0.1, 0.15) is 24.8 Å². The summed E-state index contributed by atoms with van der Waals surface area (Å²) in [6, 6.07) is 8.79. The van der Waals surface area contributed by atoms with Crippen molar-refractivity contribution in [3.63, 3.8) is 0 Å².